The number of nitriles is 1. The van der Waals surface area contributed by atoms with Crippen LogP contribution in [0.15, 0.2) is 54.1 Å². The van der Waals surface area contributed by atoms with E-state index < -0.39 is 18.0 Å². The summed E-state index contributed by atoms with van der Waals surface area (Å²) in [4.78, 5) is 23.2. The summed E-state index contributed by atoms with van der Waals surface area (Å²) >= 11 is 5.93. The van der Waals surface area contributed by atoms with Gasteiger partial charge >= 0.3 is 12.1 Å². The molecule has 2 amide bonds. The zero-order valence-electron chi connectivity index (χ0n) is 13.5. The molecule has 27 heavy (non-hydrogen) atoms. The first-order valence-corrected chi connectivity index (χ1v) is 7.74. The number of halogens is 4. The minimum atomic E-state index is -5.03. The summed E-state index contributed by atoms with van der Waals surface area (Å²) < 4.78 is 36.9. The van der Waals surface area contributed by atoms with Crippen molar-refractivity contribution in [3.63, 3.8) is 0 Å². The van der Waals surface area contributed by atoms with Crippen molar-refractivity contribution in [3.8, 4) is 6.07 Å². The molecule has 9 heteroatoms. The summed E-state index contributed by atoms with van der Waals surface area (Å²) in [6, 6.07) is 13.4. The smallest absolute Gasteiger partial charge is 0.320 e. The number of carbonyl (C=O) groups excluding carboxylic acids is 2. The number of hydrogen-bond donors (Lipinski definition) is 2. The number of nitrogens with one attached hydrogen (secondary N) is 2. The second kappa shape index (κ2) is 8.38. The lowest BCUT2D eigenvalue weighted by Gasteiger charge is -2.09. The van der Waals surface area contributed by atoms with Crippen molar-refractivity contribution in [1.29, 1.82) is 5.26 Å². The Kier molecular flexibility index (Phi) is 6.21. The van der Waals surface area contributed by atoms with Gasteiger partial charge in [-0.05, 0) is 35.9 Å². The predicted molar refractivity (Wildman–Crippen MR) is 94.8 cm³/mol. The maximum atomic E-state index is 12.3. The van der Waals surface area contributed by atoms with Gasteiger partial charge in [-0.1, -0.05) is 35.9 Å². The minimum Gasteiger partial charge on any atom is -0.320 e. The van der Waals surface area contributed by atoms with Gasteiger partial charge < -0.3 is 10.6 Å². The Bertz CT molecular complexity index is 949. The molecule has 2 rings (SSSR count). The molecule has 0 saturated carbocycles. The molecule has 0 radical (unpaired) electrons. The van der Waals surface area contributed by atoms with Crippen LogP contribution < -0.4 is 10.6 Å². The average molecular weight is 394 g/mol. The third kappa shape index (κ3) is 5.59. The Balaban J connectivity index is 2.21. The molecule has 0 unspecified atom stereocenters. The highest BCUT2D eigenvalue weighted by atomic mass is 35.5. The van der Waals surface area contributed by atoms with Crippen molar-refractivity contribution >= 4 is 40.9 Å². The highest BCUT2D eigenvalue weighted by molar-refractivity contribution is 6.34. The van der Waals surface area contributed by atoms with Gasteiger partial charge in [0.25, 0.3) is 5.91 Å². The Hall–Kier alpha value is -3.31. The van der Waals surface area contributed by atoms with Gasteiger partial charge in [-0.3, -0.25) is 9.59 Å². The number of hydrogen-bond acceptors (Lipinski definition) is 3. The lowest BCUT2D eigenvalue weighted by atomic mass is 10.1. The highest BCUT2D eigenvalue weighted by Crippen LogP contribution is 2.22. The number of nitrogens with zero attached hydrogens (tertiary/aromatic N) is 1. The fourth-order valence-electron chi connectivity index (χ4n) is 1.98. The fraction of sp³-hybridized carbons (Fsp3) is 0.0556. The van der Waals surface area contributed by atoms with E-state index in [0.29, 0.717) is 5.69 Å². The van der Waals surface area contributed by atoms with Crippen LogP contribution in [-0.2, 0) is 9.59 Å². The zero-order chi connectivity index (χ0) is 20.0. The standard InChI is InChI=1S/C18H11ClF3N3O2/c19-14-6-1-2-7-15(14)25-16(26)12(10-23)8-11-4-3-5-13(9-11)24-17(27)18(20,21)22/h1-9H,(H,24,27)(H,25,26)/b12-8+. The van der Waals surface area contributed by atoms with Gasteiger partial charge in [0.1, 0.15) is 11.6 Å². The molecule has 2 aromatic rings. The predicted octanol–water partition coefficient (Wildman–Crippen LogP) is 4.39. The van der Waals surface area contributed by atoms with Crippen LogP contribution in [0, 0.1) is 11.3 Å². The molecular formula is C18H11ClF3N3O2. The van der Waals surface area contributed by atoms with Crippen molar-refractivity contribution in [3.05, 3.63) is 64.7 Å². The fourth-order valence-corrected chi connectivity index (χ4v) is 2.16. The summed E-state index contributed by atoms with van der Waals surface area (Å²) in [5.41, 5.74) is 0.126. The molecule has 2 aromatic carbocycles. The zero-order valence-corrected chi connectivity index (χ0v) is 14.2. The molecule has 0 aliphatic carbocycles. The Morgan fingerprint density at radius 2 is 1.78 bits per heavy atom. The van der Waals surface area contributed by atoms with Crippen LogP contribution in [0.4, 0.5) is 24.5 Å². The van der Waals surface area contributed by atoms with Crippen molar-refractivity contribution in [2.75, 3.05) is 10.6 Å². The summed E-state index contributed by atoms with van der Waals surface area (Å²) in [6.45, 7) is 0. The van der Waals surface area contributed by atoms with E-state index in [-0.39, 0.29) is 21.8 Å². The summed E-state index contributed by atoms with van der Waals surface area (Å²) in [7, 11) is 0. The maximum Gasteiger partial charge on any atom is 0.471 e. The summed E-state index contributed by atoms with van der Waals surface area (Å²) in [6.07, 6.45) is -3.85. The van der Waals surface area contributed by atoms with E-state index in [1.165, 1.54) is 30.3 Å². The number of para-hydroxylation sites is 1. The molecule has 0 bridgehead atoms. The van der Waals surface area contributed by atoms with Crippen LogP contribution in [-0.4, -0.2) is 18.0 Å². The Morgan fingerprint density at radius 3 is 2.41 bits per heavy atom. The monoisotopic (exact) mass is 393 g/mol. The van der Waals surface area contributed by atoms with E-state index in [9.17, 15) is 28.0 Å². The van der Waals surface area contributed by atoms with Gasteiger partial charge in [0.15, 0.2) is 0 Å². The highest BCUT2D eigenvalue weighted by Gasteiger charge is 2.38. The molecule has 0 heterocycles. The normalized spacial score (nSPS) is 11.4. The van der Waals surface area contributed by atoms with E-state index in [1.807, 2.05) is 0 Å². The second-order valence-corrected chi connectivity index (χ2v) is 5.59. The lowest BCUT2D eigenvalue weighted by Crippen LogP contribution is -2.29. The van der Waals surface area contributed by atoms with Gasteiger partial charge in [0.05, 0.1) is 10.7 Å². The van der Waals surface area contributed by atoms with Crippen LogP contribution in [0.3, 0.4) is 0 Å². The van der Waals surface area contributed by atoms with E-state index in [2.05, 4.69) is 5.32 Å². The largest absolute Gasteiger partial charge is 0.471 e. The summed E-state index contributed by atoms with van der Waals surface area (Å²) in [5, 5.41) is 13.6. The minimum absolute atomic E-state index is 0.130. The lowest BCUT2D eigenvalue weighted by molar-refractivity contribution is -0.167. The van der Waals surface area contributed by atoms with Gasteiger partial charge in [-0.2, -0.15) is 18.4 Å². The van der Waals surface area contributed by atoms with Gasteiger partial charge in [0, 0.05) is 5.69 Å². The van der Waals surface area contributed by atoms with E-state index in [0.717, 1.165) is 0 Å². The first kappa shape index (κ1) is 20.0. The SMILES string of the molecule is N#C/C(=C\c1cccc(NC(=O)C(F)(F)F)c1)C(=O)Nc1ccccc1Cl. The second-order valence-electron chi connectivity index (χ2n) is 5.18. The average Bonchev–Trinajstić information content (AvgIpc) is 2.61. The van der Waals surface area contributed by atoms with Gasteiger partial charge in [-0.25, -0.2) is 0 Å². The topological polar surface area (TPSA) is 82.0 Å². The number of amides is 2. The molecule has 0 saturated heterocycles. The van der Waals surface area contributed by atoms with Crippen LogP contribution in [0.1, 0.15) is 5.56 Å². The Morgan fingerprint density at radius 1 is 1.07 bits per heavy atom. The number of alkyl halides is 3. The quantitative estimate of drug-likeness (QED) is 0.597. The molecule has 5 nitrogen and oxygen atoms in total. The number of anilines is 2. The third-order valence-electron chi connectivity index (χ3n) is 3.20. The molecular weight excluding hydrogens is 383 g/mol. The van der Waals surface area contributed by atoms with Crippen LogP contribution in [0.2, 0.25) is 5.02 Å². The van der Waals surface area contributed by atoms with E-state index in [4.69, 9.17) is 11.6 Å². The first-order valence-electron chi connectivity index (χ1n) is 7.36. The van der Waals surface area contributed by atoms with Crippen LogP contribution in [0.25, 0.3) is 6.08 Å². The number of benzene rings is 2. The van der Waals surface area contributed by atoms with E-state index in [1.54, 1.807) is 35.7 Å². The molecule has 0 atom stereocenters. The molecule has 0 aromatic heterocycles. The van der Waals surface area contributed by atoms with Crippen molar-refractivity contribution in [2.24, 2.45) is 0 Å². The molecule has 0 aliphatic rings. The van der Waals surface area contributed by atoms with Gasteiger partial charge in [0.2, 0.25) is 0 Å². The third-order valence-corrected chi connectivity index (χ3v) is 3.53. The van der Waals surface area contributed by atoms with Crippen LogP contribution >= 0.6 is 11.6 Å². The van der Waals surface area contributed by atoms with E-state index >= 15 is 0 Å². The molecule has 138 valence electrons. The molecule has 0 spiro atoms. The molecule has 2 N–H and O–H groups in total. The maximum absolute atomic E-state index is 12.3. The summed E-state index contributed by atoms with van der Waals surface area (Å²) in [5.74, 6) is -2.86. The molecule has 0 aliphatic heterocycles. The Labute approximate surface area is 157 Å². The van der Waals surface area contributed by atoms with Crippen LogP contribution in [0.5, 0.6) is 0 Å². The first-order chi connectivity index (χ1) is 12.7. The van der Waals surface area contributed by atoms with Crippen molar-refractivity contribution in [1.82, 2.24) is 0 Å². The molecule has 0 fully saturated rings. The number of rotatable bonds is 4. The number of carbonyl (C=O) groups is 2. The van der Waals surface area contributed by atoms with Crippen molar-refractivity contribution in [2.45, 2.75) is 6.18 Å². The van der Waals surface area contributed by atoms with Crippen molar-refractivity contribution < 1.29 is 22.8 Å². The van der Waals surface area contributed by atoms with Gasteiger partial charge in [-0.15, -0.1) is 0 Å².